The van der Waals surface area contributed by atoms with Crippen LogP contribution in [0.15, 0.2) is 12.1 Å². The van der Waals surface area contributed by atoms with Crippen LogP contribution in [-0.4, -0.2) is 32.5 Å². The number of aryl methyl sites for hydroxylation is 2. The molecule has 3 heterocycles. The van der Waals surface area contributed by atoms with Gasteiger partial charge >= 0.3 is 0 Å². The first kappa shape index (κ1) is 17.4. The maximum Gasteiger partial charge on any atom is 0.253 e. The topological polar surface area (TPSA) is 121 Å². The molecule has 2 aromatic heterocycles. The van der Waals surface area contributed by atoms with E-state index in [2.05, 4.69) is 5.10 Å². The number of carbonyl (C=O) groups excluding carboxylic acids is 1. The zero-order valence-corrected chi connectivity index (χ0v) is 15.6. The average molecular weight is 369 g/mol. The first-order valence-corrected chi connectivity index (χ1v) is 8.89. The molecule has 1 aliphatic rings. The summed E-state index contributed by atoms with van der Waals surface area (Å²) in [6.07, 6.45) is 0.725. The molecule has 3 aromatic rings. The molecule has 0 bridgehead atoms. The van der Waals surface area contributed by atoms with Gasteiger partial charge in [0, 0.05) is 12.1 Å². The largest absolute Gasteiger partial charge is 0.496 e. The molecule has 8 heteroatoms. The molecule has 8 nitrogen and oxygen atoms in total. The van der Waals surface area contributed by atoms with Gasteiger partial charge in [0.25, 0.3) is 5.91 Å². The molecule has 0 saturated carbocycles. The molecule has 0 radical (unpaired) electrons. The summed E-state index contributed by atoms with van der Waals surface area (Å²) in [4.78, 5) is 12.2. The van der Waals surface area contributed by atoms with E-state index in [4.69, 9.17) is 16.2 Å². The smallest absolute Gasteiger partial charge is 0.253 e. The summed E-state index contributed by atoms with van der Waals surface area (Å²) in [5.74, 6) is 0.296. The van der Waals surface area contributed by atoms with E-state index in [1.54, 1.807) is 16.4 Å². The van der Waals surface area contributed by atoms with Crippen LogP contribution in [0.4, 0.5) is 5.82 Å². The number of aromatic nitrogens is 3. The van der Waals surface area contributed by atoms with Crippen LogP contribution >= 0.6 is 0 Å². The van der Waals surface area contributed by atoms with E-state index in [1.807, 2.05) is 26.0 Å². The van der Waals surface area contributed by atoms with Gasteiger partial charge in [0.15, 0.2) is 5.65 Å². The number of benzene rings is 1. The van der Waals surface area contributed by atoms with Crippen LogP contribution in [0.2, 0.25) is 0 Å². The number of aliphatic hydroxyl groups is 1. The highest BCUT2D eigenvalue weighted by Gasteiger charge is 2.32. The van der Waals surface area contributed by atoms with Crippen molar-refractivity contribution in [3.8, 4) is 11.4 Å². The molecule has 0 aliphatic carbocycles. The van der Waals surface area contributed by atoms with Crippen LogP contribution in [0.1, 0.15) is 46.1 Å². The zero-order chi connectivity index (χ0) is 19.5. The van der Waals surface area contributed by atoms with Gasteiger partial charge in [0.05, 0.1) is 35.5 Å². The lowest BCUT2D eigenvalue weighted by atomic mass is 10.0. The number of methoxy groups -OCH3 is 1. The number of nitrogen functional groups attached to an aromatic ring is 1. The minimum Gasteiger partial charge on any atom is -0.496 e. The van der Waals surface area contributed by atoms with Crippen LogP contribution in [0.3, 0.4) is 0 Å². The SMILES string of the molecule is COc1ccc(C)c(-n2c(N)c(C(N)=O)c3c4n(nc32)CCCC4O)c1C. The summed E-state index contributed by atoms with van der Waals surface area (Å²) < 4.78 is 8.96. The minimum absolute atomic E-state index is 0.203. The van der Waals surface area contributed by atoms with E-state index in [1.165, 1.54) is 0 Å². The van der Waals surface area contributed by atoms with Crippen LogP contribution < -0.4 is 16.2 Å². The number of hydrogen-bond acceptors (Lipinski definition) is 5. The highest BCUT2D eigenvalue weighted by atomic mass is 16.5. The van der Waals surface area contributed by atoms with Crippen LogP contribution in [0.5, 0.6) is 5.75 Å². The fourth-order valence-electron chi connectivity index (χ4n) is 4.15. The molecule has 142 valence electrons. The predicted molar refractivity (Wildman–Crippen MR) is 102 cm³/mol. The summed E-state index contributed by atoms with van der Waals surface area (Å²) in [6.45, 7) is 4.57. The van der Waals surface area contributed by atoms with Gasteiger partial charge in [0.1, 0.15) is 11.6 Å². The van der Waals surface area contributed by atoms with Crippen LogP contribution in [0, 0.1) is 13.8 Å². The quantitative estimate of drug-likeness (QED) is 0.651. The van der Waals surface area contributed by atoms with Gasteiger partial charge in [-0.3, -0.25) is 14.0 Å². The van der Waals surface area contributed by atoms with Crippen molar-refractivity contribution in [3.63, 3.8) is 0 Å². The second-order valence-electron chi connectivity index (χ2n) is 6.98. The standard InChI is InChI=1S/C19H23N5O3/c1-9-6-7-12(27-3)10(2)15(9)24-17(20)14(18(21)26)13-16-11(25)5-4-8-23(16)22-19(13)24/h6-7,11,25H,4-5,8,20H2,1-3H3,(H2,21,26). The molecule has 0 fully saturated rings. The summed E-state index contributed by atoms with van der Waals surface area (Å²) in [5, 5.41) is 15.7. The van der Waals surface area contributed by atoms with Crippen molar-refractivity contribution in [2.24, 2.45) is 5.73 Å². The van der Waals surface area contributed by atoms with E-state index in [9.17, 15) is 9.90 Å². The second-order valence-corrected chi connectivity index (χ2v) is 6.98. The molecular formula is C19H23N5O3. The van der Waals surface area contributed by atoms with Gasteiger partial charge in [0.2, 0.25) is 0 Å². The maximum absolute atomic E-state index is 12.2. The lowest BCUT2D eigenvalue weighted by Gasteiger charge is -2.19. The summed E-state index contributed by atoms with van der Waals surface area (Å²) in [5.41, 5.74) is 16.0. The first-order valence-electron chi connectivity index (χ1n) is 8.89. The van der Waals surface area contributed by atoms with Crippen molar-refractivity contribution in [2.45, 2.75) is 39.3 Å². The molecule has 1 atom stereocenters. The Morgan fingerprint density at radius 1 is 1.37 bits per heavy atom. The Kier molecular flexibility index (Phi) is 3.88. The Bertz CT molecular complexity index is 1080. The minimum atomic E-state index is -0.704. The van der Waals surface area contributed by atoms with Crippen LogP contribution in [-0.2, 0) is 6.54 Å². The fourth-order valence-corrected chi connectivity index (χ4v) is 4.15. The number of primary amides is 1. The number of carbonyl (C=O) groups is 1. The fraction of sp³-hybridized carbons (Fsp3) is 0.368. The van der Waals surface area contributed by atoms with E-state index in [0.717, 1.165) is 23.2 Å². The van der Waals surface area contributed by atoms with Crippen molar-refractivity contribution in [1.29, 1.82) is 0 Å². The Morgan fingerprint density at radius 2 is 2.11 bits per heavy atom. The Balaban J connectivity index is 2.15. The third-order valence-corrected chi connectivity index (χ3v) is 5.37. The lowest BCUT2D eigenvalue weighted by Crippen LogP contribution is -2.19. The molecule has 0 spiro atoms. The summed E-state index contributed by atoms with van der Waals surface area (Å²) >= 11 is 0. The summed E-state index contributed by atoms with van der Waals surface area (Å²) in [7, 11) is 1.61. The molecule has 1 aromatic carbocycles. The number of amides is 1. The molecule has 1 amide bonds. The van der Waals surface area contributed by atoms with Crippen molar-refractivity contribution in [2.75, 3.05) is 12.8 Å². The van der Waals surface area contributed by atoms with E-state index in [0.29, 0.717) is 35.4 Å². The predicted octanol–water partition coefficient (Wildman–Crippen LogP) is 1.96. The highest BCUT2D eigenvalue weighted by Crippen LogP contribution is 2.40. The van der Waals surface area contributed by atoms with Gasteiger partial charge in [-0.15, -0.1) is 0 Å². The number of fused-ring (bicyclic) bond motifs is 3. The third-order valence-electron chi connectivity index (χ3n) is 5.37. The van der Waals surface area contributed by atoms with Crippen LogP contribution in [0.25, 0.3) is 16.7 Å². The van der Waals surface area contributed by atoms with Gasteiger partial charge in [-0.05, 0) is 38.3 Å². The van der Waals surface area contributed by atoms with Gasteiger partial charge in [-0.25, -0.2) is 0 Å². The maximum atomic E-state index is 12.2. The Morgan fingerprint density at radius 3 is 2.78 bits per heavy atom. The average Bonchev–Trinajstić information content (AvgIpc) is 3.10. The van der Waals surface area contributed by atoms with Crippen molar-refractivity contribution in [1.82, 2.24) is 14.3 Å². The lowest BCUT2D eigenvalue weighted by molar-refractivity contribution is 0.100. The molecule has 27 heavy (non-hydrogen) atoms. The number of rotatable bonds is 3. The molecule has 0 saturated heterocycles. The molecule has 1 unspecified atom stereocenters. The second kappa shape index (κ2) is 6.02. The summed E-state index contributed by atoms with van der Waals surface area (Å²) in [6, 6.07) is 3.82. The monoisotopic (exact) mass is 369 g/mol. The molecule has 5 N–H and O–H groups in total. The zero-order valence-electron chi connectivity index (χ0n) is 15.6. The van der Waals surface area contributed by atoms with Crippen molar-refractivity contribution in [3.05, 3.63) is 34.5 Å². The van der Waals surface area contributed by atoms with Gasteiger partial charge < -0.3 is 21.3 Å². The Hall–Kier alpha value is -3.00. The Labute approximate surface area is 156 Å². The first-order chi connectivity index (χ1) is 12.9. The van der Waals surface area contributed by atoms with Gasteiger partial charge in [-0.1, -0.05) is 6.07 Å². The highest BCUT2D eigenvalue weighted by molar-refractivity contribution is 6.12. The number of nitrogens with zero attached hydrogens (tertiary/aromatic N) is 3. The van der Waals surface area contributed by atoms with Crippen molar-refractivity contribution < 1.29 is 14.6 Å². The number of anilines is 1. The number of nitrogens with two attached hydrogens (primary N) is 2. The molecule has 4 rings (SSSR count). The van der Waals surface area contributed by atoms with E-state index < -0.39 is 12.0 Å². The third kappa shape index (κ3) is 2.33. The van der Waals surface area contributed by atoms with Gasteiger partial charge in [-0.2, -0.15) is 5.10 Å². The van der Waals surface area contributed by atoms with E-state index >= 15 is 0 Å². The van der Waals surface area contributed by atoms with E-state index in [-0.39, 0.29) is 11.4 Å². The number of aliphatic hydroxyl groups excluding tert-OH is 1. The molecular weight excluding hydrogens is 346 g/mol. The normalized spacial score (nSPS) is 16.5. The number of hydrogen-bond donors (Lipinski definition) is 3. The van der Waals surface area contributed by atoms with Crippen molar-refractivity contribution >= 4 is 22.8 Å². The number of ether oxygens (including phenoxy) is 1. The molecule has 1 aliphatic heterocycles.